The third kappa shape index (κ3) is 61.3. The number of esters is 4. The lowest BCUT2D eigenvalue weighted by Gasteiger charge is -2.21. The molecule has 0 amide bonds. The molecule has 17 nitrogen and oxygen atoms in total. The summed E-state index contributed by atoms with van der Waals surface area (Å²) in [6.07, 6.45) is 39.2. The van der Waals surface area contributed by atoms with E-state index < -0.39 is 97.5 Å². The number of phosphoric acid groups is 2. The maximum atomic E-state index is 13.0. The highest BCUT2D eigenvalue weighted by atomic mass is 31.2. The van der Waals surface area contributed by atoms with Crippen LogP contribution in [0.4, 0.5) is 0 Å². The van der Waals surface area contributed by atoms with E-state index in [0.717, 1.165) is 120 Å². The van der Waals surface area contributed by atoms with Crippen LogP contribution in [0.5, 0.6) is 0 Å². The number of carbonyl (C=O) groups excluding carboxylic acids is 4. The minimum Gasteiger partial charge on any atom is -0.462 e. The normalized spacial score (nSPS) is 14.6. The van der Waals surface area contributed by atoms with Gasteiger partial charge in [0.15, 0.2) is 12.2 Å². The van der Waals surface area contributed by atoms with Gasteiger partial charge in [0.2, 0.25) is 0 Å². The monoisotopic (exact) mass is 1280 g/mol. The minimum absolute atomic E-state index is 0.103. The van der Waals surface area contributed by atoms with E-state index in [1.54, 1.807) is 0 Å². The van der Waals surface area contributed by atoms with Crippen molar-refractivity contribution >= 4 is 39.5 Å². The molecule has 19 heteroatoms. The molecule has 0 radical (unpaired) electrons. The number of phosphoric ester groups is 2. The third-order valence-corrected chi connectivity index (χ3v) is 17.8. The number of carbonyl (C=O) groups is 4. The highest BCUT2D eigenvalue weighted by molar-refractivity contribution is 7.47. The van der Waals surface area contributed by atoms with E-state index in [-0.39, 0.29) is 25.7 Å². The van der Waals surface area contributed by atoms with Gasteiger partial charge in [0.1, 0.15) is 19.3 Å². The Morgan fingerprint density at radius 2 is 0.552 bits per heavy atom. The number of hydrogen-bond acceptors (Lipinski definition) is 15. The predicted molar refractivity (Wildman–Crippen MR) is 349 cm³/mol. The summed E-state index contributed by atoms with van der Waals surface area (Å²) in [6.45, 7) is 14.0. The third-order valence-electron chi connectivity index (χ3n) is 15.9. The Morgan fingerprint density at radius 1 is 0.322 bits per heavy atom. The first-order chi connectivity index (χ1) is 41.6. The Hall–Kier alpha value is -1.94. The van der Waals surface area contributed by atoms with Gasteiger partial charge in [0.05, 0.1) is 26.4 Å². The predicted octanol–water partition coefficient (Wildman–Crippen LogP) is 18.9. The van der Waals surface area contributed by atoms with Gasteiger partial charge in [-0.05, 0) is 49.4 Å². The molecule has 0 aromatic heterocycles. The summed E-state index contributed by atoms with van der Waals surface area (Å²) >= 11 is 0. The number of rotatable bonds is 65. The first kappa shape index (κ1) is 85.1. The van der Waals surface area contributed by atoms with Crippen molar-refractivity contribution in [2.45, 2.75) is 350 Å². The highest BCUT2D eigenvalue weighted by Crippen LogP contribution is 2.45. The molecule has 0 aromatic carbocycles. The fourth-order valence-corrected chi connectivity index (χ4v) is 11.7. The van der Waals surface area contributed by atoms with Gasteiger partial charge >= 0.3 is 39.5 Å². The van der Waals surface area contributed by atoms with Crippen molar-refractivity contribution in [2.75, 3.05) is 39.6 Å². The van der Waals surface area contributed by atoms with E-state index in [1.807, 2.05) is 0 Å². The second-order valence-corrected chi connectivity index (χ2v) is 29.1. The number of ether oxygens (including phenoxy) is 4. The molecule has 0 saturated carbocycles. The van der Waals surface area contributed by atoms with Gasteiger partial charge in [-0.2, -0.15) is 0 Å². The molecular weight excluding hydrogens is 1150 g/mol. The van der Waals surface area contributed by atoms with Crippen LogP contribution in [-0.4, -0.2) is 96.7 Å². The van der Waals surface area contributed by atoms with Crippen molar-refractivity contribution in [3.63, 3.8) is 0 Å². The number of aliphatic hydroxyl groups excluding tert-OH is 1. The summed E-state index contributed by atoms with van der Waals surface area (Å²) < 4.78 is 68.1. The van der Waals surface area contributed by atoms with Crippen LogP contribution in [0, 0.1) is 23.7 Å². The quantitative estimate of drug-likeness (QED) is 0.0222. The zero-order valence-electron chi connectivity index (χ0n) is 56.6. The second-order valence-electron chi connectivity index (χ2n) is 26.2. The van der Waals surface area contributed by atoms with Crippen molar-refractivity contribution in [1.29, 1.82) is 0 Å². The Bertz CT molecular complexity index is 1730. The van der Waals surface area contributed by atoms with Gasteiger partial charge in [-0.1, -0.05) is 280 Å². The molecule has 0 aliphatic heterocycles. The van der Waals surface area contributed by atoms with E-state index in [1.165, 1.54) is 122 Å². The van der Waals surface area contributed by atoms with Gasteiger partial charge < -0.3 is 33.8 Å². The van der Waals surface area contributed by atoms with Crippen LogP contribution in [0.1, 0.15) is 331 Å². The highest BCUT2D eigenvalue weighted by Gasteiger charge is 2.30. The molecule has 0 spiro atoms. The van der Waals surface area contributed by atoms with Crippen molar-refractivity contribution in [3.05, 3.63) is 0 Å². The largest absolute Gasteiger partial charge is 0.472 e. The summed E-state index contributed by atoms with van der Waals surface area (Å²) in [6, 6.07) is 0. The van der Waals surface area contributed by atoms with Crippen LogP contribution in [0.25, 0.3) is 0 Å². The van der Waals surface area contributed by atoms with Crippen LogP contribution >= 0.6 is 15.6 Å². The Balaban J connectivity index is 5.22. The van der Waals surface area contributed by atoms with Crippen molar-refractivity contribution < 1.29 is 80.2 Å². The standard InChI is InChI=1S/C68H132O17P2/c1-9-61(8)47-39-31-25-27-33-41-49-66(71)79-55-64(84-67(72)50-42-34-22-17-15-13-11-10-12-14-16-20-28-36-44-58(2)3)57-83-87(76,77)81-53-62(69)52-80-86(74,75)82-56-63(54-78-65(70)48-40-32-26-24-30-38-46-60(6)7)85-68(73)51-43-35-23-19-18-21-29-37-45-59(4)5/h58-64,69H,9-57H2,1-8H3,(H,74,75)(H,76,77)/t61?,62-,63+,64+/m0/s1. The van der Waals surface area contributed by atoms with Gasteiger partial charge in [-0.15, -0.1) is 0 Å². The summed E-state index contributed by atoms with van der Waals surface area (Å²) in [4.78, 5) is 72.4. The van der Waals surface area contributed by atoms with Gasteiger partial charge in [-0.25, -0.2) is 9.13 Å². The summed E-state index contributed by atoms with van der Waals surface area (Å²) in [5.41, 5.74) is 0. The number of aliphatic hydroxyl groups is 1. The molecule has 0 bridgehead atoms. The SMILES string of the molecule is CCC(C)CCCCCCCCC(=O)OC[C@H](COP(=O)(O)OC[C@@H](O)COP(=O)(O)OC[C@@H](COC(=O)CCCCCCCCC(C)C)OC(=O)CCCCCCCCCCC(C)C)OC(=O)CCCCCCCCCCCCCCCCC(C)C. The average molecular weight is 1280 g/mol. The summed E-state index contributed by atoms with van der Waals surface area (Å²) in [5.74, 6) is 0.787. The molecular formula is C68H132O17P2. The van der Waals surface area contributed by atoms with Gasteiger partial charge in [-0.3, -0.25) is 37.3 Å². The molecule has 516 valence electrons. The molecule has 0 aliphatic rings. The van der Waals surface area contributed by atoms with Crippen LogP contribution in [-0.2, 0) is 65.4 Å². The Kier molecular flexibility index (Phi) is 56.6. The molecule has 0 fully saturated rings. The Morgan fingerprint density at radius 3 is 0.816 bits per heavy atom. The molecule has 0 aliphatic carbocycles. The minimum atomic E-state index is -4.95. The van der Waals surface area contributed by atoms with E-state index >= 15 is 0 Å². The van der Waals surface area contributed by atoms with Gasteiger partial charge in [0.25, 0.3) is 0 Å². The van der Waals surface area contributed by atoms with Crippen molar-refractivity contribution in [3.8, 4) is 0 Å². The Labute approximate surface area is 530 Å². The van der Waals surface area contributed by atoms with Crippen LogP contribution < -0.4 is 0 Å². The van der Waals surface area contributed by atoms with Gasteiger partial charge in [0, 0.05) is 25.7 Å². The molecule has 0 aromatic rings. The smallest absolute Gasteiger partial charge is 0.462 e. The van der Waals surface area contributed by atoms with Crippen molar-refractivity contribution in [2.24, 2.45) is 23.7 Å². The lowest BCUT2D eigenvalue weighted by molar-refractivity contribution is -0.161. The first-order valence-electron chi connectivity index (χ1n) is 35.2. The van der Waals surface area contributed by atoms with Crippen LogP contribution in [0.15, 0.2) is 0 Å². The van der Waals surface area contributed by atoms with Crippen LogP contribution in [0.3, 0.4) is 0 Å². The zero-order valence-corrected chi connectivity index (χ0v) is 58.4. The number of unbranched alkanes of at least 4 members (excludes halogenated alkanes) is 30. The van der Waals surface area contributed by atoms with Crippen molar-refractivity contribution in [1.82, 2.24) is 0 Å². The topological polar surface area (TPSA) is 237 Å². The molecule has 0 saturated heterocycles. The maximum absolute atomic E-state index is 13.0. The average Bonchev–Trinajstić information content (AvgIpc) is 3.61. The zero-order chi connectivity index (χ0) is 64.7. The van der Waals surface area contributed by atoms with E-state index in [2.05, 4.69) is 55.4 Å². The fourth-order valence-electron chi connectivity index (χ4n) is 10.1. The maximum Gasteiger partial charge on any atom is 0.472 e. The lowest BCUT2D eigenvalue weighted by Crippen LogP contribution is -2.30. The lowest BCUT2D eigenvalue weighted by atomic mass is 10.00. The van der Waals surface area contributed by atoms with Crippen LogP contribution in [0.2, 0.25) is 0 Å². The summed E-state index contributed by atoms with van der Waals surface area (Å²) in [5, 5.41) is 10.6. The molecule has 0 rings (SSSR count). The first-order valence-corrected chi connectivity index (χ1v) is 38.2. The number of hydrogen-bond donors (Lipinski definition) is 3. The molecule has 6 atom stereocenters. The summed E-state index contributed by atoms with van der Waals surface area (Å²) in [7, 11) is -9.90. The molecule has 87 heavy (non-hydrogen) atoms. The molecule has 3 N–H and O–H groups in total. The van der Waals surface area contributed by atoms with E-state index in [0.29, 0.717) is 31.6 Å². The molecule has 3 unspecified atom stereocenters. The van der Waals surface area contributed by atoms with E-state index in [4.69, 9.17) is 37.0 Å². The fraction of sp³-hybridized carbons (Fsp3) is 0.941. The molecule has 0 heterocycles. The van der Waals surface area contributed by atoms with E-state index in [9.17, 15) is 43.2 Å². The second kappa shape index (κ2) is 57.9.